The Balaban J connectivity index is 1.86. The summed E-state index contributed by atoms with van der Waals surface area (Å²) in [5.41, 5.74) is 1.51. The highest BCUT2D eigenvalue weighted by molar-refractivity contribution is 9.11. The van der Waals surface area contributed by atoms with E-state index in [0.717, 1.165) is 26.2 Å². The van der Waals surface area contributed by atoms with Crippen LogP contribution in [-0.4, -0.2) is 18.8 Å². The van der Waals surface area contributed by atoms with Crippen LogP contribution in [0.3, 0.4) is 0 Å². The molecule has 0 amide bonds. The molecule has 15 heavy (non-hydrogen) atoms. The van der Waals surface area contributed by atoms with Crippen LogP contribution in [0.1, 0.15) is 25.3 Å². The van der Waals surface area contributed by atoms with Crippen molar-refractivity contribution in [1.82, 2.24) is 5.32 Å². The van der Waals surface area contributed by atoms with Gasteiger partial charge < -0.3 is 10.1 Å². The molecule has 2 nitrogen and oxygen atoms in total. The van der Waals surface area contributed by atoms with Crippen LogP contribution in [0.4, 0.5) is 0 Å². The van der Waals surface area contributed by atoms with Crippen LogP contribution in [0.25, 0.3) is 0 Å². The van der Waals surface area contributed by atoms with Gasteiger partial charge in [0.1, 0.15) is 0 Å². The van der Waals surface area contributed by atoms with Gasteiger partial charge in [0.25, 0.3) is 0 Å². The lowest BCUT2D eigenvalue weighted by Gasteiger charge is -2.34. The van der Waals surface area contributed by atoms with Crippen molar-refractivity contribution in [2.45, 2.75) is 31.8 Å². The predicted molar refractivity (Wildman–Crippen MR) is 67.3 cm³/mol. The summed E-state index contributed by atoms with van der Waals surface area (Å²) in [6, 6.07) is 2.17. The molecule has 1 unspecified atom stereocenters. The third-order valence-electron chi connectivity index (χ3n) is 2.78. The van der Waals surface area contributed by atoms with E-state index in [1.165, 1.54) is 15.8 Å². The van der Waals surface area contributed by atoms with Crippen molar-refractivity contribution >= 4 is 27.3 Å². The minimum atomic E-state index is 0.159. The van der Waals surface area contributed by atoms with E-state index >= 15 is 0 Å². The summed E-state index contributed by atoms with van der Waals surface area (Å²) in [6.45, 7) is 4.93. The maximum Gasteiger partial charge on any atom is 0.0701 e. The first-order valence-corrected chi connectivity index (χ1v) is 6.91. The first-order valence-electron chi connectivity index (χ1n) is 5.24. The monoisotopic (exact) mass is 289 g/mol. The highest BCUT2D eigenvalue weighted by Crippen LogP contribution is 2.23. The zero-order valence-corrected chi connectivity index (χ0v) is 11.3. The van der Waals surface area contributed by atoms with Crippen molar-refractivity contribution in [1.29, 1.82) is 0 Å². The number of thiophene rings is 1. The first-order chi connectivity index (χ1) is 7.18. The molecule has 0 saturated carbocycles. The van der Waals surface area contributed by atoms with Gasteiger partial charge >= 0.3 is 0 Å². The topological polar surface area (TPSA) is 21.3 Å². The molecule has 0 spiro atoms. The molecule has 0 aliphatic carbocycles. The van der Waals surface area contributed by atoms with Crippen molar-refractivity contribution in [2.75, 3.05) is 13.2 Å². The maximum atomic E-state index is 5.51. The third-order valence-corrected chi connectivity index (χ3v) is 4.33. The number of nitrogens with one attached hydrogen (secondary N) is 1. The van der Waals surface area contributed by atoms with E-state index in [2.05, 4.69) is 39.6 Å². The fourth-order valence-corrected chi connectivity index (χ4v) is 3.04. The average molecular weight is 290 g/mol. The lowest BCUT2D eigenvalue weighted by molar-refractivity contribution is 0.0278. The highest BCUT2D eigenvalue weighted by Gasteiger charge is 2.26. The maximum absolute atomic E-state index is 5.51. The van der Waals surface area contributed by atoms with Gasteiger partial charge in [-0.2, -0.15) is 0 Å². The molecule has 0 bridgehead atoms. The van der Waals surface area contributed by atoms with E-state index in [1.54, 1.807) is 11.3 Å². The fourth-order valence-electron chi connectivity index (χ4n) is 1.83. The van der Waals surface area contributed by atoms with Crippen LogP contribution in [0.15, 0.2) is 15.2 Å². The van der Waals surface area contributed by atoms with Crippen molar-refractivity contribution in [3.05, 3.63) is 20.8 Å². The predicted octanol–water partition coefficient (Wildman–Crippen LogP) is 3.17. The minimum absolute atomic E-state index is 0.159. The van der Waals surface area contributed by atoms with Gasteiger partial charge in [-0.3, -0.25) is 0 Å². The molecule has 84 valence electrons. The Hall–Kier alpha value is 0.1000. The van der Waals surface area contributed by atoms with E-state index in [4.69, 9.17) is 4.74 Å². The largest absolute Gasteiger partial charge is 0.380 e. The average Bonchev–Trinajstić information content (AvgIpc) is 2.63. The van der Waals surface area contributed by atoms with E-state index in [9.17, 15) is 0 Å². The Morgan fingerprint density at radius 2 is 2.53 bits per heavy atom. The summed E-state index contributed by atoms with van der Waals surface area (Å²) < 4.78 is 6.71. The SMILES string of the molecule is CC1(NCc2csc(Br)c2)CCCOC1. The molecule has 0 aromatic carbocycles. The Bertz CT molecular complexity index is 320. The van der Waals surface area contributed by atoms with Gasteiger partial charge in [-0.1, -0.05) is 0 Å². The van der Waals surface area contributed by atoms with Crippen molar-refractivity contribution in [2.24, 2.45) is 0 Å². The van der Waals surface area contributed by atoms with E-state index in [0.29, 0.717) is 0 Å². The second-order valence-electron chi connectivity index (χ2n) is 4.33. The van der Waals surface area contributed by atoms with Gasteiger partial charge in [0.15, 0.2) is 0 Å². The molecule has 1 fully saturated rings. The molecular formula is C11H16BrNOS. The van der Waals surface area contributed by atoms with E-state index < -0.39 is 0 Å². The van der Waals surface area contributed by atoms with Crippen LogP contribution in [0, 0.1) is 0 Å². The number of rotatable bonds is 3. The smallest absolute Gasteiger partial charge is 0.0701 e. The summed E-state index contributed by atoms with van der Waals surface area (Å²) in [5, 5.41) is 5.77. The summed E-state index contributed by atoms with van der Waals surface area (Å²) >= 11 is 5.21. The van der Waals surface area contributed by atoms with Crippen LogP contribution in [-0.2, 0) is 11.3 Å². The molecule has 0 radical (unpaired) electrons. The zero-order valence-electron chi connectivity index (χ0n) is 8.88. The Morgan fingerprint density at radius 1 is 1.67 bits per heavy atom. The standard InChI is InChI=1S/C11H16BrNOS/c1-11(3-2-4-14-8-11)13-6-9-5-10(12)15-7-9/h5,7,13H,2-4,6,8H2,1H3. The number of halogens is 1. The molecule has 4 heteroatoms. The normalized spacial score (nSPS) is 26.8. The lowest BCUT2D eigenvalue weighted by Crippen LogP contribution is -2.48. The number of hydrogen-bond donors (Lipinski definition) is 1. The lowest BCUT2D eigenvalue weighted by atomic mass is 9.95. The summed E-state index contributed by atoms with van der Waals surface area (Å²) in [4.78, 5) is 0. The quantitative estimate of drug-likeness (QED) is 0.923. The Labute approximate surface area is 103 Å². The minimum Gasteiger partial charge on any atom is -0.380 e. The van der Waals surface area contributed by atoms with Crippen LogP contribution < -0.4 is 5.32 Å². The van der Waals surface area contributed by atoms with Gasteiger partial charge in [-0.05, 0) is 52.7 Å². The molecule has 1 atom stereocenters. The van der Waals surface area contributed by atoms with Crippen molar-refractivity contribution in [3.63, 3.8) is 0 Å². The van der Waals surface area contributed by atoms with Gasteiger partial charge in [-0.25, -0.2) is 0 Å². The molecule has 1 aromatic rings. The highest BCUT2D eigenvalue weighted by atomic mass is 79.9. The first kappa shape index (κ1) is 11.6. The van der Waals surface area contributed by atoms with E-state index in [-0.39, 0.29) is 5.54 Å². The number of hydrogen-bond acceptors (Lipinski definition) is 3. The molecule has 2 heterocycles. The summed E-state index contributed by atoms with van der Waals surface area (Å²) in [5.74, 6) is 0. The van der Waals surface area contributed by atoms with Gasteiger partial charge in [0.05, 0.1) is 10.4 Å². The second-order valence-corrected chi connectivity index (χ2v) is 6.62. The fraction of sp³-hybridized carbons (Fsp3) is 0.636. The molecule has 1 aromatic heterocycles. The van der Waals surface area contributed by atoms with Crippen LogP contribution >= 0.6 is 27.3 Å². The Morgan fingerprint density at radius 3 is 3.13 bits per heavy atom. The summed E-state index contributed by atoms with van der Waals surface area (Å²) in [7, 11) is 0. The van der Waals surface area contributed by atoms with Crippen LogP contribution in [0.5, 0.6) is 0 Å². The van der Waals surface area contributed by atoms with Gasteiger partial charge in [-0.15, -0.1) is 11.3 Å². The van der Waals surface area contributed by atoms with Gasteiger partial charge in [0, 0.05) is 18.7 Å². The van der Waals surface area contributed by atoms with Crippen LogP contribution in [0.2, 0.25) is 0 Å². The summed E-state index contributed by atoms with van der Waals surface area (Å²) in [6.07, 6.45) is 2.37. The van der Waals surface area contributed by atoms with Crippen molar-refractivity contribution < 1.29 is 4.74 Å². The molecule has 1 aliphatic rings. The molecule has 1 saturated heterocycles. The second kappa shape index (κ2) is 4.95. The molecule has 2 rings (SSSR count). The van der Waals surface area contributed by atoms with Gasteiger partial charge in [0.2, 0.25) is 0 Å². The number of ether oxygens (including phenoxy) is 1. The van der Waals surface area contributed by atoms with E-state index in [1.807, 2.05) is 0 Å². The van der Waals surface area contributed by atoms with Crippen molar-refractivity contribution in [3.8, 4) is 0 Å². The molecule has 1 N–H and O–H groups in total. The zero-order chi connectivity index (χ0) is 10.7. The Kier molecular flexibility index (Phi) is 3.83. The molecule has 1 aliphatic heterocycles. The molecular weight excluding hydrogens is 274 g/mol. The third kappa shape index (κ3) is 3.28.